The molecule has 0 fully saturated rings. The molecular weight excluding hydrogens is 376 g/mol. The number of carbonyl (C=O) groups excluding carboxylic acids is 3. The Bertz CT molecular complexity index is 809. The molecule has 1 N–H and O–H groups in total. The maximum absolute atomic E-state index is 13.0. The second-order valence-corrected chi connectivity index (χ2v) is 7.64. The van der Waals surface area contributed by atoms with Gasteiger partial charge in [0.15, 0.2) is 0 Å². The van der Waals surface area contributed by atoms with Crippen LogP contribution in [-0.4, -0.2) is 41.6 Å². The van der Waals surface area contributed by atoms with Gasteiger partial charge >= 0.3 is 5.97 Å². The Hall–Kier alpha value is -2.80. The minimum atomic E-state index is -0.457. The van der Waals surface area contributed by atoms with Gasteiger partial charge in [-0.1, -0.05) is 30.3 Å². The van der Waals surface area contributed by atoms with Crippen LogP contribution in [0.25, 0.3) is 0 Å². The van der Waals surface area contributed by atoms with Gasteiger partial charge in [0.05, 0.1) is 12.4 Å². The molecule has 0 aliphatic rings. The number of amides is 2. The van der Waals surface area contributed by atoms with Crippen molar-refractivity contribution in [2.45, 2.75) is 30.5 Å². The highest BCUT2D eigenvalue weighted by atomic mass is 32.2. The van der Waals surface area contributed by atoms with Gasteiger partial charge in [-0.05, 0) is 36.8 Å². The van der Waals surface area contributed by atoms with Gasteiger partial charge in [0.1, 0.15) is 6.54 Å². The summed E-state index contributed by atoms with van der Waals surface area (Å²) in [6.07, 6.45) is 0. The van der Waals surface area contributed by atoms with Crippen molar-refractivity contribution in [3.8, 4) is 0 Å². The topological polar surface area (TPSA) is 75.7 Å². The molecule has 2 amide bonds. The number of thioether (sulfide) groups is 1. The van der Waals surface area contributed by atoms with Gasteiger partial charge in [0.2, 0.25) is 11.8 Å². The minimum absolute atomic E-state index is 0.101. The van der Waals surface area contributed by atoms with Gasteiger partial charge in [0, 0.05) is 24.1 Å². The van der Waals surface area contributed by atoms with Crippen LogP contribution in [0.5, 0.6) is 0 Å². The first-order chi connectivity index (χ1) is 13.4. The summed E-state index contributed by atoms with van der Waals surface area (Å²) in [5, 5.41) is 2.32. The second kappa shape index (κ2) is 10.5. The summed E-state index contributed by atoms with van der Waals surface area (Å²) in [5.41, 5.74) is 1.64. The van der Waals surface area contributed by atoms with Crippen molar-refractivity contribution < 1.29 is 19.1 Å². The van der Waals surface area contributed by atoms with Crippen molar-refractivity contribution in [1.82, 2.24) is 4.90 Å². The summed E-state index contributed by atoms with van der Waals surface area (Å²) >= 11 is 1.40. The number of ether oxygens (including phenoxy) is 1. The van der Waals surface area contributed by atoms with E-state index in [2.05, 4.69) is 5.32 Å². The molecule has 28 heavy (non-hydrogen) atoms. The molecule has 148 valence electrons. The molecule has 0 aliphatic carbocycles. The van der Waals surface area contributed by atoms with Crippen molar-refractivity contribution in [3.63, 3.8) is 0 Å². The molecule has 2 aromatic carbocycles. The molecule has 6 nitrogen and oxygen atoms in total. The Balaban J connectivity index is 2.06. The molecule has 0 saturated carbocycles. The Labute approximate surface area is 169 Å². The van der Waals surface area contributed by atoms with Gasteiger partial charge < -0.3 is 15.0 Å². The van der Waals surface area contributed by atoms with Gasteiger partial charge in [-0.2, -0.15) is 0 Å². The molecular formula is C21H24N2O4S. The van der Waals surface area contributed by atoms with Crippen LogP contribution in [0.2, 0.25) is 0 Å². The molecule has 0 radical (unpaired) electrons. The first-order valence-electron chi connectivity index (χ1n) is 8.83. The number of esters is 1. The van der Waals surface area contributed by atoms with Crippen molar-refractivity contribution >= 4 is 35.2 Å². The van der Waals surface area contributed by atoms with Crippen LogP contribution in [0.1, 0.15) is 19.4 Å². The van der Waals surface area contributed by atoms with Crippen LogP contribution < -0.4 is 5.32 Å². The summed E-state index contributed by atoms with van der Waals surface area (Å²) in [5.74, 6) is -0.741. The largest absolute Gasteiger partial charge is 0.468 e. The van der Waals surface area contributed by atoms with E-state index >= 15 is 0 Å². The summed E-state index contributed by atoms with van der Waals surface area (Å²) in [6.45, 7) is 3.49. The number of nitrogens with one attached hydrogen (secondary N) is 1. The first-order valence-corrected chi connectivity index (χ1v) is 9.71. The number of rotatable bonds is 8. The maximum Gasteiger partial charge on any atom is 0.325 e. The van der Waals surface area contributed by atoms with E-state index < -0.39 is 5.97 Å². The molecule has 0 aliphatic heterocycles. The predicted octanol–water partition coefficient (Wildman–Crippen LogP) is 3.33. The molecule has 0 spiro atoms. The fourth-order valence-electron chi connectivity index (χ4n) is 2.57. The third-order valence-corrected chi connectivity index (χ3v) is 5.01. The highest BCUT2D eigenvalue weighted by Gasteiger charge is 2.24. The summed E-state index contributed by atoms with van der Waals surface area (Å²) < 4.78 is 4.74. The zero-order valence-electron chi connectivity index (χ0n) is 16.2. The average Bonchev–Trinajstić information content (AvgIpc) is 2.68. The van der Waals surface area contributed by atoms with Crippen molar-refractivity contribution in [3.05, 3.63) is 60.2 Å². The Morgan fingerprint density at radius 2 is 1.71 bits per heavy atom. The minimum Gasteiger partial charge on any atom is -0.468 e. The SMILES string of the molecule is COC(=O)CN(Cc1ccccc1)C(=O)C(C)Sc1ccc(NC(C)=O)cc1. The van der Waals surface area contributed by atoms with Crippen molar-refractivity contribution in [2.75, 3.05) is 19.0 Å². The zero-order valence-corrected chi connectivity index (χ0v) is 17.0. The monoisotopic (exact) mass is 400 g/mol. The predicted molar refractivity (Wildman–Crippen MR) is 110 cm³/mol. The average molecular weight is 401 g/mol. The third kappa shape index (κ3) is 6.74. The molecule has 0 bridgehead atoms. The number of benzene rings is 2. The van der Waals surface area contributed by atoms with Gasteiger partial charge in [-0.3, -0.25) is 14.4 Å². The number of carbonyl (C=O) groups is 3. The van der Waals surface area contributed by atoms with E-state index in [9.17, 15) is 14.4 Å². The number of hydrogen-bond donors (Lipinski definition) is 1. The second-order valence-electron chi connectivity index (χ2n) is 6.22. The lowest BCUT2D eigenvalue weighted by Crippen LogP contribution is -2.40. The van der Waals surface area contributed by atoms with Crippen LogP contribution in [-0.2, 0) is 25.7 Å². The fourth-order valence-corrected chi connectivity index (χ4v) is 3.52. The normalized spacial score (nSPS) is 11.4. The molecule has 1 unspecified atom stereocenters. The Morgan fingerprint density at radius 1 is 1.07 bits per heavy atom. The molecule has 0 aromatic heterocycles. The standard InChI is InChI=1S/C21H24N2O4S/c1-15(28-19-11-9-18(10-12-19)22-16(2)24)21(26)23(14-20(25)27-3)13-17-7-5-4-6-8-17/h4-12,15H,13-14H2,1-3H3,(H,22,24). The van der Waals surface area contributed by atoms with E-state index in [0.29, 0.717) is 12.2 Å². The van der Waals surface area contributed by atoms with Gasteiger partial charge in [-0.15, -0.1) is 11.8 Å². The van der Waals surface area contributed by atoms with Gasteiger partial charge in [0.25, 0.3) is 0 Å². The van der Waals surface area contributed by atoms with Gasteiger partial charge in [-0.25, -0.2) is 0 Å². The van der Waals surface area contributed by atoms with Crippen LogP contribution in [0.3, 0.4) is 0 Å². The highest BCUT2D eigenvalue weighted by molar-refractivity contribution is 8.00. The number of anilines is 1. The molecule has 0 saturated heterocycles. The zero-order chi connectivity index (χ0) is 20.5. The van der Waals surface area contributed by atoms with E-state index in [-0.39, 0.29) is 23.6 Å². The summed E-state index contributed by atoms with van der Waals surface area (Å²) in [6, 6.07) is 16.8. The summed E-state index contributed by atoms with van der Waals surface area (Å²) in [4.78, 5) is 38.2. The maximum atomic E-state index is 13.0. The van der Waals surface area contributed by atoms with E-state index in [0.717, 1.165) is 10.5 Å². The summed E-state index contributed by atoms with van der Waals surface area (Å²) in [7, 11) is 1.31. The lowest BCUT2D eigenvalue weighted by Gasteiger charge is -2.24. The number of nitrogens with zero attached hydrogens (tertiary/aromatic N) is 1. The first kappa shape index (κ1) is 21.5. The Kier molecular flexibility index (Phi) is 8.07. The van der Waals surface area contributed by atoms with Crippen molar-refractivity contribution in [2.24, 2.45) is 0 Å². The molecule has 0 heterocycles. The van der Waals surface area contributed by atoms with Crippen LogP contribution >= 0.6 is 11.8 Å². The molecule has 2 aromatic rings. The highest BCUT2D eigenvalue weighted by Crippen LogP contribution is 2.26. The smallest absolute Gasteiger partial charge is 0.325 e. The van der Waals surface area contributed by atoms with Crippen LogP contribution in [0.4, 0.5) is 5.69 Å². The lowest BCUT2D eigenvalue weighted by atomic mass is 10.2. The number of hydrogen-bond acceptors (Lipinski definition) is 5. The van der Waals surface area contributed by atoms with Crippen molar-refractivity contribution in [1.29, 1.82) is 0 Å². The van der Waals surface area contributed by atoms with E-state index in [1.54, 1.807) is 12.1 Å². The van der Waals surface area contributed by atoms with E-state index in [4.69, 9.17) is 4.74 Å². The third-order valence-electron chi connectivity index (χ3n) is 3.91. The molecule has 2 rings (SSSR count). The van der Waals surface area contributed by atoms with Crippen LogP contribution in [0.15, 0.2) is 59.5 Å². The fraction of sp³-hybridized carbons (Fsp3) is 0.286. The Morgan fingerprint density at radius 3 is 2.29 bits per heavy atom. The quantitative estimate of drug-likeness (QED) is 0.543. The molecule has 1 atom stereocenters. The number of methoxy groups -OCH3 is 1. The van der Waals surface area contributed by atoms with E-state index in [1.807, 2.05) is 49.4 Å². The van der Waals surface area contributed by atoms with Crippen LogP contribution in [0, 0.1) is 0 Å². The molecule has 7 heteroatoms. The van der Waals surface area contributed by atoms with E-state index in [1.165, 1.54) is 30.7 Å². The lowest BCUT2D eigenvalue weighted by molar-refractivity contribution is -0.147.